The molecule has 1 N–H and O–H groups in total. The van der Waals surface area contributed by atoms with Crippen LogP contribution in [0, 0.1) is 20.8 Å². The van der Waals surface area contributed by atoms with Crippen molar-refractivity contribution in [1.29, 1.82) is 0 Å². The molecule has 0 atom stereocenters. The summed E-state index contributed by atoms with van der Waals surface area (Å²) in [6, 6.07) is 11.7. The highest BCUT2D eigenvalue weighted by atomic mass is 16.1. The second kappa shape index (κ2) is 5.05. The summed E-state index contributed by atoms with van der Waals surface area (Å²) in [5.41, 5.74) is 4.31. The maximum Gasteiger partial charge on any atom is 0.276 e. The lowest BCUT2D eigenvalue weighted by atomic mass is 10.1. The first-order chi connectivity index (χ1) is 10.0. The van der Waals surface area contributed by atoms with Gasteiger partial charge in [0.1, 0.15) is 5.82 Å². The summed E-state index contributed by atoms with van der Waals surface area (Å²) in [5, 5.41) is 2.93. The van der Waals surface area contributed by atoms with Crippen molar-refractivity contribution in [1.82, 2.24) is 9.38 Å². The maximum absolute atomic E-state index is 12.5. The number of aromatic nitrogens is 2. The molecule has 4 nitrogen and oxygen atoms in total. The lowest BCUT2D eigenvalue weighted by molar-refractivity contribution is 0.102. The van der Waals surface area contributed by atoms with Gasteiger partial charge in [0.25, 0.3) is 5.91 Å². The minimum Gasteiger partial charge on any atom is -0.321 e. The van der Waals surface area contributed by atoms with Gasteiger partial charge >= 0.3 is 0 Å². The fourth-order valence-electron chi connectivity index (χ4n) is 2.60. The van der Waals surface area contributed by atoms with Gasteiger partial charge in [-0.05, 0) is 56.2 Å². The third-order valence-corrected chi connectivity index (χ3v) is 3.42. The number of rotatable bonds is 2. The fraction of sp³-hybridized carbons (Fsp3) is 0.176. The van der Waals surface area contributed by atoms with Crippen molar-refractivity contribution in [3.8, 4) is 0 Å². The van der Waals surface area contributed by atoms with Crippen LogP contribution in [0.4, 0.5) is 5.69 Å². The van der Waals surface area contributed by atoms with E-state index >= 15 is 0 Å². The van der Waals surface area contributed by atoms with E-state index in [4.69, 9.17) is 0 Å². The molecule has 0 spiro atoms. The highest BCUT2D eigenvalue weighted by Gasteiger charge is 2.15. The SMILES string of the molecule is Cc1cc(C)cc(NC(=O)c2nc(C)n3ccccc23)c1. The molecule has 3 aromatic rings. The largest absolute Gasteiger partial charge is 0.321 e. The van der Waals surface area contributed by atoms with Crippen molar-refractivity contribution in [2.24, 2.45) is 0 Å². The summed E-state index contributed by atoms with van der Waals surface area (Å²) in [7, 11) is 0. The molecule has 0 aliphatic heterocycles. The number of aryl methyl sites for hydroxylation is 3. The van der Waals surface area contributed by atoms with Crippen molar-refractivity contribution >= 4 is 17.1 Å². The van der Waals surface area contributed by atoms with Gasteiger partial charge in [-0.15, -0.1) is 0 Å². The van der Waals surface area contributed by atoms with Gasteiger partial charge in [-0.2, -0.15) is 0 Å². The Hall–Kier alpha value is -2.62. The summed E-state index contributed by atoms with van der Waals surface area (Å²) in [6.45, 7) is 5.91. The second-order valence-electron chi connectivity index (χ2n) is 5.29. The lowest BCUT2D eigenvalue weighted by Gasteiger charge is -2.06. The Kier molecular flexibility index (Phi) is 3.22. The molecule has 0 unspecified atom stereocenters. The Morgan fingerprint density at radius 2 is 1.81 bits per heavy atom. The first kappa shape index (κ1) is 13.4. The highest BCUT2D eigenvalue weighted by Crippen LogP contribution is 2.17. The molecule has 0 radical (unpaired) electrons. The van der Waals surface area contributed by atoms with Crippen LogP contribution in [0.1, 0.15) is 27.4 Å². The molecule has 2 heterocycles. The number of carbonyl (C=O) groups is 1. The molecule has 0 saturated heterocycles. The van der Waals surface area contributed by atoms with Crippen LogP contribution in [0.5, 0.6) is 0 Å². The summed E-state index contributed by atoms with van der Waals surface area (Å²) in [6.07, 6.45) is 1.91. The predicted octanol–water partition coefficient (Wildman–Crippen LogP) is 3.51. The first-order valence-corrected chi connectivity index (χ1v) is 6.88. The van der Waals surface area contributed by atoms with Crippen molar-refractivity contribution in [3.05, 3.63) is 65.2 Å². The normalized spacial score (nSPS) is 10.8. The van der Waals surface area contributed by atoms with Gasteiger partial charge in [0.15, 0.2) is 5.69 Å². The summed E-state index contributed by atoms with van der Waals surface area (Å²) >= 11 is 0. The van der Waals surface area contributed by atoms with Gasteiger partial charge in [-0.1, -0.05) is 12.1 Å². The Morgan fingerprint density at radius 1 is 1.10 bits per heavy atom. The molecule has 21 heavy (non-hydrogen) atoms. The van der Waals surface area contributed by atoms with Crippen LogP contribution in [0.3, 0.4) is 0 Å². The highest BCUT2D eigenvalue weighted by molar-refractivity contribution is 6.07. The van der Waals surface area contributed by atoms with Crippen molar-refractivity contribution < 1.29 is 4.79 Å². The van der Waals surface area contributed by atoms with Crippen molar-refractivity contribution in [3.63, 3.8) is 0 Å². The summed E-state index contributed by atoms with van der Waals surface area (Å²) in [4.78, 5) is 16.9. The minimum atomic E-state index is -0.184. The lowest BCUT2D eigenvalue weighted by Crippen LogP contribution is -2.13. The Bertz CT molecular complexity index is 813. The molecule has 0 saturated carbocycles. The quantitative estimate of drug-likeness (QED) is 0.780. The number of pyridine rings is 1. The van der Waals surface area contributed by atoms with Crippen LogP contribution in [0.2, 0.25) is 0 Å². The predicted molar refractivity (Wildman–Crippen MR) is 83.8 cm³/mol. The molecule has 106 valence electrons. The van der Waals surface area contributed by atoms with E-state index in [9.17, 15) is 4.79 Å². The molecule has 0 aliphatic carbocycles. The van der Waals surface area contributed by atoms with Crippen molar-refractivity contribution in [2.75, 3.05) is 5.32 Å². The molecule has 4 heteroatoms. The average Bonchev–Trinajstić information content (AvgIpc) is 2.76. The molecule has 0 fully saturated rings. The molecule has 3 rings (SSSR count). The van der Waals surface area contributed by atoms with Crippen LogP contribution >= 0.6 is 0 Å². The Morgan fingerprint density at radius 3 is 2.52 bits per heavy atom. The van der Waals surface area contributed by atoms with E-state index in [2.05, 4.69) is 16.4 Å². The molecule has 0 aliphatic rings. The number of nitrogens with zero attached hydrogens (tertiary/aromatic N) is 2. The summed E-state index contributed by atoms with van der Waals surface area (Å²) < 4.78 is 1.91. The van der Waals surface area contributed by atoms with Crippen molar-refractivity contribution in [2.45, 2.75) is 20.8 Å². The summed E-state index contributed by atoms with van der Waals surface area (Å²) in [5.74, 6) is 0.618. The number of hydrogen-bond donors (Lipinski definition) is 1. The van der Waals surface area contributed by atoms with Gasteiger partial charge in [-0.3, -0.25) is 4.79 Å². The number of hydrogen-bond acceptors (Lipinski definition) is 2. The van der Waals surface area contributed by atoms with Crippen LogP contribution in [0.15, 0.2) is 42.6 Å². The van der Waals surface area contributed by atoms with Gasteiger partial charge in [0.05, 0.1) is 5.52 Å². The molecule has 1 aromatic carbocycles. The Labute approximate surface area is 123 Å². The third-order valence-electron chi connectivity index (χ3n) is 3.42. The number of anilines is 1. The topological polar surface area (TPSA) is 46.4 Å². The number of carbonyl (C=O) groups excluding carboxylic acids is 1. The smallest absolute Gasteiger partial charge is 0.276 e. The zero-order valence-corrected chi connectivity index (χ0v) is 12.3. The molecular weight excluding hydrogens is 262 g/mol. The van der Waals surface area contributed by atoms with E-state index in [-0.39, 0.29) is 5.91 Å². The monoisotopic (exact) mass is 279 g/mol. The standard InChI is InChI=1S/C17H17N3O/c1-11-8-12(2)10-14(9-11)19-17(21)16-15-6-4-5-7-20(15)13(3)18-16/h4-10H,1-3H3,(H,19,21). The van der Waals surface area contributed by atoms with Crippen LogP contribution < -0.4 is 5.32 Å². The van der Waals surface area contributed by atoms with Gasteiger partial charge in [-0.25, -0.2) is 4.98 Å². The van der Waals surface area contributed by atoms with Crippen LogP contribution in [0.25, 0.3) is 5.52 Å². The zero-order chi connectivity index (χ0) is 15.0. The molecule has 0 bridgehead atoms. The number of nitrogens with one attached hydrogen (secondary N) is 1. The van der Waals surface area contributed by atoms with Crippen LogP contribution in [-0.2, 0) is 0 Å². The fourth-order valence-corrected chi connectivity index (χ4v) is 2.60. The zero-order valence-electron chi connectivity index (χ0n) is 12.3. The minimum absolute atomic E-state index is 0.184. The second-order valence-corrected chi connectivity index (χ2v) is 5.29. The van der Waals surface area contributed by atoms with E-state index < -0.39 is 0 Å². The van der Waals surface area contributed by atoms with Crippen LogP contribution in [-0.4, -0.2) is 15.3 Å². The number of fused-ring (bicyclic) bond motifs is 1. The maximum atomic E-state index is 12.5. The molecular formula is C17H17N3O. The number of imidazole rings is 1. The first-order valence-electron chi connectivity index (χ1n) is 6.88. The average molecular weight is 279 g/mol. The van der Waals surface area contributed by atoms with Gasteiger partial charge in [0.2, 0.25) is 0 Å². The molecule has 1 amide bonds. The van der Waals surface area contributed by atoms with E-state index in [1.54, 1.807) is 0 Å². The van der Waals surface area contributed by atoms with Gasteiger partial charge in [0, 0.05) is 11.9 Å². The molecule has 2 aromatic heterocycles. The Balaban J connectivity index is 1.97. The number of benzene rings is 1. The van der Waals surface area contributed by atoms with Gasteiger partial charge < -0.3 is 9.72 Å². The number of amides is 1. The third kappa shape index (κ3) is 2.52. The van der Waals surface area contributed by atoms with E-state index in [1.807, 2.05) is 61.7 Å². The van der Waals surface area contributed by atoms with E-state index in [1.165, 1.54) is 0 Å². The van der Waals surface area contributed by atoms with E-state index in [0.717, 1.165) is 28.2 Å². The van der Waals surface area contributed by atoms with E-state index in [0.29, 0.717) is 5.69 Å².